The highest BCUT2D eigenvalue weighted by atomic mass is 16.3. The van der Waals surface area contributed by atoms with Gasteiger partial charge in [-0.1, -0.05) is 152 Å². The van der Waals surface area contributed by atoms with Gasteiger partial charge in [-0.05, 0) is 141 Å². The Morgan fingerprint density at radius 2 is 0.787 bits per heavy atom. The van der Waals surface area contributed by atoms with Gasteiger partial charge in [0.15, 0.2) is 17.5 Å². The number of rotatable bonds is 6. The molecule has 16 aromatic rings. The van der Waals surface area contributed by atoms with Gasteiger partial charge in [0, 0.05) is 60.4 Å². The van der Waals surface area contributed by atoms with Gasteiger partial charge in [-0.2, -0.15) is 0 Å². The zero-order valence-electron chi connectivity index (χ0n) is 40.3. The maximum Gasteiger partial charge on any atom is 0.164 e. The molecular weight excluding hydrogens is 915 g/mol. The fourth-order valence-corrected chi connectivity index (χ4v) is 11.7. The van der Waals surface area contributed by atoms with Crippen LogP contribution in [0.2, 0.25) is 0 Å². The first-order valence-corrected chi connectivity index (χ1v) is 25.4. The first-order chi connectivity index (χ1) is 37.1. The summed E-state index contributed by atoms with van der Waals surface area (Å²) >= 11 is 0. The molecule has 4 heterocycles. The number of fused-ring (bicyclic) bond motifs is 13. The van der Waals surface area contributed by atoms with Crippen LogP contribution in [-0.4, -0.2) is 24.1 Å². The molecule has 348 valence electrons. The van der Waals surface area contributed by atoms with Crippen LogP contribution in [0.5, 0.6) is 0 Å². The van der Waals surface area contributed by atoms with Gasteiger partial charge in [0.1, 0.15) is 11.2 Å². The lowest BCUT2D eigenvalue weighted by Gasteiger charge is -2.11. The summed E-state index contributed by atoms with van der Waals surface area (Å²) in [7, 11) is 0. The van der Waals surface area contributed by atoms with Crippen LogP contribution in [-0.2, 0) is 0 Å². The Kier molecular flexibility index (Phi) is 8.94. The van der Waals surface area contributed by atoms with Crippen molar-refractivity contribution in [3.8, 4) is 56.7 Å². The van der Waals surface area contributed by atoms with E-state index in [1.165, 1.54) is 43.4 Å². The van der Waals surface area contributed by atoms with Gasteiger partial charge >= 0.3 is 0 Å². The molecule has 12 aromatic carbocycles. The van der Waals surface area contributed by atoms with Crippen molar-refractivity contribution in [2.75, 3.05) is 0 Å². The fourth-order valence-electron chi connectivity index (χ4n) is 11.7. The predicted octanol–water partition coefficient (Wildman–Crippen LogP) is 18.1. The molecule has 4 aromatic heterocycles. The fraction of sp³-hybridized carbons (Fsp3) is 0. The van der Waals surface area contributed by atoms with E-state index in [1.807, 2.05) is 6.07 Å². The zero-order valence-corrected chi connectivity index (χ0v) is 40.3. The third-order valence-corrected chi connectivity index (χ3v) is 15.3. The van der Waals surface area contributed by atoms with Crippen molar-refractivity contribution >= 4 is 97.9 Å². The summed E-state index contributed by atoms with van der Waals surface area (Å²) < 4.78 is 11.6. The van der Waals surface area contributed by atoms with Crippen molar-refractivity contribution in [1.29, 1.82) is 0 Å². The van der Waals surface area contributed by atoms with Crippen molar-refractivity contribution in [3.63, 3.8) is 0 Å². The lowest BCUT2D eigenvalue weighted by atomic mass is 10.0. The molecular formula is C69H41N5O. The highest BCUT2D eigenvalue weighted by molar-refractivity contribution is 6.21. The highest BCUT2D eigenvalue weighted by Gasteiger charge is 2.21. The van der Waals surface area contributed by atoms with Crippen LogP contribution in [0.4, 0.5) is 0 Å². The number of para-hydroxylation sites is 2. The summed E-state index contributed by atoms with van der Waals surface area (Å²) in [5.41, 5.74) is 13.3. The Balaban J connectivity index is 0.870. The maximum atomic E-state index is 6.83. The third-order valence-electron chi connectivity index (χ3n) is 15.3. The number of aromatic nitrogens is 5. The molecule has 0 bridgehead atoms. The second-order valence-corrected chi connectivity index (χ2v) is 19.6. The first-order valence-electron chi connectivity index (χ1n) is 25.4. The minimum atomic E-state index is 0.563. The molecule has 0 N–H and O–H groups in total. The minimum Gasteiger partial charge on any atom is -0.456 e. The summed E-state index contributed by atoms with van der Waals surface area (Å²) in [5, 5.41) is 14.0. The Hall–Kier alpha value is -10.2. The average molecular weight is 956 g/mol. The Labute approximate surface area is 429 Å². The molecule has 16 rings (SSSR count). The molecule has 0 aliphatic heterocycles. The van der Waals surface area contributed by atoms with Crippen molar-refractivity contribution in [1.82, 2.24) is 24.1 Å². The summed E-state index contributed by atoms with van der Waals surface area (Å²) in [6.07, 6.45) is 0. The number of furan rings is 1. The monoisotopic (exact) mass is 955 g/mol. The second kappa shape index (κ2) is 16.2. The predicted molar refractivity (Wildman–Crippen MR) is 310 cm³/mol. The van der Waals surface area contributed by atoms with Crippen LogP contribution >= 0.6 is 0 Å². The summed E-state index contributed by atoms with van der Waals surface area (Å²) in [4.78, 5) is 15.8. The molecule has 75 heavy (non-hydrogen) atoms. The summed E-state index contributed by atoms with van der Waals surface area (Å²) in [6, 6.07) is 88.7. The lowest BCUT2D eigenvalue weighted by Crippen LogP contribution is -2.00. The van der Waals surface area contributed by atoms with E-state index in [0.29, 0.717) is 17.5 Å². The van der Waals surface area contributed by atoms with Crippen molar-refractivity contribution in [3.05, 3.63) is 249 Å². The third kappa shape index (κ3) is 6.56. The van der Waals surface area contributed by atoms with Crippen molar-refractivity contribution < 1.29 is 4.42 Å². The van der Waals surface area contributed by atoms with Crippen LogP contribution in [0.15, 0.2) is 253 Å². The van der Waals surface area contributed by atoms with E-state index < -0.39 is 0 Å². The molecule has 0 spiro atoms. The van der Waals surface area contributed by atoms with Gasteiger partial charge in [0.2, 0.25) is 0 Å². The van der Waals surface area contributed by atoms with E-state index in [1.54, 1.807) is 0 Å². The quantitative estimate of drug-likeness (QED) is 0.167. The summed E-state index contributed by atoms with van der Waals surface area (Å²) in [5.74, 6) is 1.74. The molecule has 0 saturated heterocycles. The van der Waals surface area contributed by atoms with Crippen molar-refractivity contribution in [2.45, 2.75) is 0 Å². The molecule has 0 aliphatic rings. The van der Waals surface area contributed by atoms with E-state index in [2.05, 4.69) is 252 Å². The number of nitrogens with zero attached hydrogens (tertiary/aromatic N) is 5. The molecule has 0 unspecified atom stereocenters. The zero-order chi connectivity index (χ0) is 49.1. The smallest absolute Gasteiger partial charge is 0.164 e. The van der Waals surface area contributed by atoms with Crippen LogP contribution in [0.25, 0.3) is 155 Å². The second-order valence-electron chi connectivity index (χ2n) is 19.6. The van der Waals surface area contributed by atoms with Gasteiger partial charge in [-0.3, -0.25) is 0 Å². The van der Waals surface area contributed by atoms with Crippen LogP contribution < -0.4 is 0 Å². The largest absolute Gasteiger partial charge is 0.456 e. The Bertz CT molecular complexity index is 4920. The van der Waals surface area contributed by atoms with Gasteiger partial charge in [0.05, 0.1) is 22.1 Å². The van der Waals surface area contributed by atoms with E-state index in [-0.39, 0.29) is 0 Å². The molecule has 0 radical (unpaired) electrons. The van der Waals surface area contributed by atoms with Gasteiger partial charge in [-0.25, -0.2) is 15.0 Å². The first kappa shape index (κ1) is 41.4. The molecule has 6 heteroatoms. The van der Waals surface area contributed by atoms with E-state index in [4.69, 9.17) is 19.4 Å². The van der Waals surface area contributed by atoms with E-state index >= 15 is 0 Å². The Morgan fingerprint density at radius 1 is 0.253 bits per heavy atom. The van der Waals surface area contributed by atoms with Crippen LogP contribution in [0.1, 0.15) is 0 Å². The van der Waals surface area contributed by atoms with E-state index in [9.17, 15) is 0 Å². The lowest BCUT2D eigenvalue weighted by molar-refractivity contribution is 0.669. The van der Waals surface area contributed by atoms with Crippen LogP contribution in [0.3, 0.4) is 0 Å². The highest BCUT2D eigenvalue weighted by Crippen LogP contribution is 2.42. The maximum absolute atomic E-state index is 6.83. The molecule has 0 amide bonds. The number of benzene rings is 12. The minimum absolute atomic E-state index is 0.563. The van der Waals surface area contributed by atoms with Crippen LogP contribution in [0, 0.1) is 0 Å². The average Bonchev–Trinajstić information content (AvgIpc) is 4.15. The molecule has 0 aliphatic carbocycles. The van der Waals surface area contributed by atoms with E-state index in [0.717, 1.165) is 93.7 Å². The van der Waals surface area contributed by atoms with Gasteiger partial charge in [0.25, 0.3) is 0 Å². The molecule has 6 nitrogen and oxygen atoms in total. The number of hydrogen-bond donors (Lipinski definition) is 0. The molecule has 0 fully saturated rings. The molecule has 0 atom stereocenters. The van der Waals surface area contributed by atoms with Gasteiger partial charge in [-0.15, -0.1) is 0 Å². The normalized spacial score (nSPS) is 12.0. The molecule has 0 saturated carbocycles. The summed E-state index contributed by atoms with van der Waals surface area (Å²) in [6.45, 7) is 0. The topological polar surface area (TPSA) is 61.7 Å². The SMILES string of the molecule is c1ccc(-c2cccc(-c3nc(-c4ccc5c(c4)oc4ccc6ccc(-n7c8cc9ccccc9cc8c8cc9ccccc9cc87)cc6c45)nc(-c4ccc5c(c4)c4ccccc4n5-c4ccccc4)n3)c2)cc1. The van der Waals surface area contributed by atoms with Crippen molar-refractivity contribution in [2.24, 2.45) is 0 Å². The van der Waals surface area contributed by atoms with Gasteiger partial charge < -0.3 is 13.6 Å². The standard InChI is InChI=1S/C69H41N5O/c1-3-14-42(15-4-1)44-20-13-21-49(34-44)67-70-68(50-28-32-61-57(37-50)54-24-11-12-25-60(54)73(61)52-22-5-2-6-23-52)72-69(71-67)51-27-31-55-65(40-51)75-64-33-29-43-26-30-53(41-56(43)66(55)64)74-62-38-47-18-9-7-16-45(47)35-58(62)59-36-46-17-8-10-19-48(46)39-63(59)74/h1-41H. The number of hydrogen-bond acceptors (Lipinski definition) is 4. The Morgan fingerprint density at radius 3 is 1.51 bits per heavy atom.